The first kappa shape index (κ1) is 94.0. The summed E-state index contributed by atoms with van der Waals surface area (Å²) in [7, 11) is 3.84. The van der Waals surface area contributed by atoms with Crippen LogP contribution in [0.1, 0.15) is 119 Å². The minimum absolute atomic E-state index is 0.0261. The Balaban J connectivity index is 0.000000146. The van der Waals surface area contributed by atoms with E-state index in [4.69, 9.17) is 99.5 Å². The van der Waals surface area contributed by atoms with Gasteiger partial charge in [-0.1, -0.05) is 39.5 Å². The number of carbonyl (C=O) groups is 17. The van der Waals surface area contributed by atoms with Crippen molar-refractivity contribution in [3.63, 3.8) is 0 Å². The lowest BCUT2D eigenvalue weighted by atomic mass is 9.74. The summed E-state index contributed by atoms with van der Waals surface area (Å²) in [6.07, 6.45) is 4.90. The third-order valence-electron chi connectivity index (χ3n) is 25.1. The van der Waals surface area contributed by atoms with Gasteiger partial charge in [-0.3, -0.25) is 43.2 Å². The van der Waals surface area contributed by atoms with Gasteiger partial charge >= 0.3 is 101 Å². The Morgan fingerprint density at radius 3 is 1.12 bits per heavy atom. The Kier molecular flexibility index (Phi) is 30.7. The summed E-state index contributed by atoms with van der Waals surface area (Å²) in [5.74, 6) is -12.5. The van der Waals surface area contributed by atoms with Crippen molar-refractivity contribution >= 4 is 101 Å². The molecule has 38 heteroatoms. The van der Waals surface area contributed by atoms with Crippen molar-refractivity contribution in [2.45, 2.75) is 210 Å². The summed E-state index contributed by atoms with van der Waals surface area (Å²) in [6, 6.07) is 0. The maximum absolute atomic E-state index is 12.0. The number of carbonyl (C=O) groups excluding carboxylic acids is 17. The second kappa shape index (κ2) is 40.5. The number of hydrogen-bond acceptors (Lipinski definition) is 38. The Bertz CT molecular complexity index is 4280. The molecule has 0 radical (unpaired) electrons. The molecule has 29 unspecified atom stereocenters. The van der Waals surface area contributed by atoms with Crippen molar-refractivity contribution in [2.24, 2.45) is 82.9 Å². The molecule has 6 saturated carbocycles. The van der Waals surface area contributed by atoms with Crippen molar-refractivity contribution in [1.82, 2.24) is 0 Å². The highest BCUT2D eigenvalue weighted by atomic mass is 16.7. The van der Waals surface area contributed by atoms with Gasteiger partial charge in [0.25, 0.3) is 0 Å². The molecule has 124 heavy (non-hydrogen) atoms. The summed E-state index contributed by atoms with van der Waals surface area (Å²) in [5, 5.41) is 0. The molecule has 29 atom stereocenters. The first-order chi connectivity index (χ1) is 58.8. The number of hydrogen-bond donors (Lipinski definition) is 0. The van der Waals surface area contributed by atoms with E-state index in [-0.39, 0.29) is 213 Å². The molecule has 10 saturated heterocycles. The first-order valence-corrected chi connectivity index (χ1v) is 41.2. The van der Waals surface area contributed by atoms with Gasteiger partial charge in [-0.05, 0) is 98.8 Å². The van der Waals surface area contributed by atoms with Gasteiger partial charge in [0.05, 0.1) is 119 Å². The van der Waals surface area contributed by atoms with Gasteiger partial charge in [-0.2, -0.15) is 0 Å². The summed E-state index contributed by atoms with van der Waals surface area (Å²) in [5.41, 5.74) is 1.68. The molecule has 0 aromatic carbocycles. The zero-order chi connectivity index (χ0) is 90.3. The predicted molar refractivity (Wildman–Crippen MR) is 410 cm³/mol. The third kappa shape index (κ3) is 20.8. The Morgan fingerprint density at radius 2 is 0.702 bits per heavy atom. The monoisotopic (exact) mass is 1750 g/mol. The van der Waals surface area contributed by atoms with Crippen LogP contribution in [0.4, 0.5) is 0 Å². The van der Waals surface area contributed by atoms with Crippen molar-refractivity contribution < 1.29 is 181 Å². The molecule has 678 valence electrons. The van der Waals surface area contributed by atoms with Crippen LogP contribution in [0.3, 0.4) is 0 Å². The van der Waals surface area contributed by atoms with Crippen LogP contribution in [-0.2, 0) is 181 Å². The van der Waals surface area contributed by atoms with Crippen LogP contribution in [0.25, 0.3) is 0 Å². The molecule has 0 aromatic heterocycles. The predicted octanol–water partition coefficient (Wildman–Crippen LogP) is 3.62. The Labute approximate surface area is 713 Å². The average molecular weight is 1750 g/mol. The maximum Gasteiger partial charge on any atom is 0.344 e. The normalized spacial score (nSPS) is 34.6. The standard InChI is InChI=1S/C17H20O8.C16H18O8.C15H18O6.C13H16O6.C13H18O5.C12H16O5/c1-7(2)15(19)23-5-4-10(18)24-13-8-6-9-12(11(8)16(20)22-3)17(21)25-14(9)13;1-6(2)14(18)22-5-9(17)23-12-7-4-8-11(10(7)15(19)21-3)16(20)24-13(8)12;1-6(2)13(16)20-5-9-7-4-8-11(10(7)14(17)19-3)15(18)21-12(8)9;1-6(2)12(14)17-4-3-16-10-8-5-7-9(18-8)11(10)19-13(7)15;1-8(2)13(15)16-6-5-12(14)18-11-7-9-3-4-10(11)17-9;1-7(2)12(14)15-6-11(13)17-10-5-8-3-4-9(10)16-8/h8-9,11-14H,1,4-6H2,2-3H3;7-8,10-13H,1,4-5H2,2-3H3;7-12H,1,4-5H2,2-3H3;7-11H,1,3-5H2,2H3;9-11H,1,3-7H2,2H3;8-10H,1,3-6H2,2H3. The van der Waals surface area contributed by atoms with E-state index in [0.29, 0.717) is 36.0 Å². The van der Waals surface area contributed by atoms with Crippen LogP contribution >= 0.6 is 0 Å². The zero-order valence-electron chi connectivity index (χ0n) is 70.4. The molecule has 0 aromatic rings. The van der Waals surface area contributed by atoms with Crippen molar-refractivity contribution in [3.8, 4) is 0 Å². The van der Waals surface area contributed by atoms with E-state index in [1.54, 1.807) is 20.8 Å². The van der Waals surface area contributed by atoms with Gasteiger partial charge in [-0.25, -0.2) is 38.4 Å². The molecule has 10 aliphatic heterocycles. The van der Waals surface area contributed by atoms with Gasteiger partial charge in [0.1, 0.15) is 74.8 Å². The maximum atomic E-state index is 12.0. The number of rotatable bonds is 29. The molecule has 10 heterocycles. The molecule has 0 amide bonds. The minimum Gasteiger partial charge on any atom is -0.469 e. The van der Waals surface area contributed by atoms with E-state index < -0.39 is 138 Å². The SMILES string of the molecule is C=C(C)C(=O)OCC(=O)OC1C2CC3C1OC(=O)C3C2C(=O)OC.C=C(C)C(=O)OCC(=O)OC1CC2CCC1O2.C=C(C)C(=O)OCC1C2CC3C1OC(=O)C3C2C(=O)OC.C=C(C)C(=O)OCCC(=O)OC1C2CC3C1OC(=O)C3C2C(=O)OC.C=C(C)C(=O)OCCC(=O)OC1CC2CCC1O2.C=C(C)C(=O)OCCOC1C2CC3C(=O)OC1C3O2. The highest BCUT2D eigenvalue weighted by molar-refractivity contribution is 5.92. The number of ether oxygens (including phenoxy) is 21. The highest BCUT2D eigenvalue weighted by Gasteiger charge is 2.73. The number of fused-ring (bicyclic) bond motifs is 8. The van der Waals surface area contributed by atoms with E-state index >= 15 is 0 Å². The fraction of sp³-hybridized carbons (Fsp3) is 0.663. The van der Waals surface area contributed by atoms with E-state index in [1.165, 1.54) is 42.1 Å². The molecule has 16 fully saturated rings. The van der Waals surface area contributed by atoms with E-state index in [9.17, 15) is 81.5 Å². The van der Waals surface area contributed by atoms with Crippen LogP contribution in [0.5, 0.6) is 0 Å². The van der Waals surface area contributed by atoms with Gasteiger partial charge in [0.15, 0.2) is 19.3 Å². The highest BCUT2D eigenvalue weighted by Crippen LogP contribution is 2.62. The van der Waals surface area contributed by atoms with Crippen LogP contribution in [0.15, 0.2) is 72.9 Å². The molecule has 0 N–H and O–H groups in total. The first-order valence-electron chi connectivity index (χ1n) is 41.2. The fourth-order valence-electron chi connectivity index (χ4n) is 19.7. The van der Waals surface area contributed by atoms with E-state index in [1.807, 2.05) is 0 Å². The average Bonchev–Trinajstić information content (AvgIpc) is 1.54. The second-order valence-electron chi connectivity index (χ2n) is 33.5. The second-order valence-corrected chi connectivity index (χ2v) is 33.5. The Morgan fingerprint density at radius 1 is 0.339 bits per heavy atom. The summed E-state index contributed by atoms with van der Waals surface area (Å²) < 4.78 is 109. The summed E-state index contributed by atoms with van der Waals surface area (Å²) in [6.45, 7) is 29.5. The van der Waals surface area contributed by atoms with Crippen LogP contribution in [0, 0.1) is 82.9 Å². The van der Waals surface area contributed by atoms with Crippen LogP contribution in [-0.4, -0.2) is 261 Å². The lowest BCUT2D eigenvalue weighted by molar-refractivity contribution is -0.171. The molecule has 12 bridgehead atoms. The van der Waals surface area contributed by atoms with Crippen molar-refractivity contribution in [3.05, 3.63) is 72.9 Å². The Hall–Kier alpha value is -10.7. The molecule has 6 aliphatic carbocycles. The molecule has 16 aliphatic rings. The van der Waals surface area contributed by atoms with Gasteiger partial charge in [-0.15, -0.1) is 0 Å². The largest absolute Gasteiger partial charge is 0.469 e. The number of esters is 17. The summed E-state index contributed by atoms with van der Waals surface area (Å²) >= 11 is 0. The fourth-order valence-corrected chi connectivity index (χ4v) is 19.7. The van der Waals surface area contributed by atoms with Gasteiger partial charge in [0.2, 0.25) is 0 Å². The molecular weight excluding hydrogens is 1640 g/mol. The molecule has 16 rings (SSSR count). The zero-order valence-corrected chi connectivity index (χ0v) is 70.4. The van der Waals surface area contributed by atoms with E-state index in [2.05, 4.69) is 39.5 Å². The lowest BCUT2D eigenvalue weighted by Gasteiger charge is -2.29. The number of methoxy groups -OCH3 is 3. The molecule has 0 spiro atoms. The topological polar surface area (TPSA) is 484 Å². The molecule has 38 nitrogen and oxygen atoms in total. The quantitative estimate of drug-likeness (QED) is 0.0446. The third-order valence-corrected chi connectivity index (χ3v) is 25.1. The van der Waals surface area contributed by atoms with E-state index in [0.717, 1.165) is 44.9 Å². The smallest absolute Gasteiger partial charge is 0.344 e. The minimum atomic E-state index is -0.759. The van der Waals surface area contributed by atoms with Crippen molar-refractivity contribution in [2.75, 3.05) is 67.6 Å². The van der Waals surface area contributed by atoms with Crippen LogP contribution < -0.4 is 0 Å². The molecular formula is C86H106O38. The van der Waals surface area contributed by atoms with Crippen LogP contribution in [0.2, 0.25) is 0 Å². The van der Waals surface area contributed by atoms with Crippen molar-refractivity contribution in [1.29, 1.82) is 0 Å². The van der Waals surface area contributed by atoms with Gasteiger partial charge in [0, 0.05) is 81.8 Å². The lowest BCUT2D eigenvalue weighted by Crippen LogP contribution is -2.44. The van der Waals surface area contributed by atoms with Gasteiger partial charge < -0.3 is 99.5 Å². The summed E-state index contributed by atoms with van der Waals surface area (Å²) in [4.78, 5) is 198.